The molecule has 0 bridgehead atoms. The van der Waals surface area contributed by atoms with Gasteiger partial charge in [0.05, 0.1) is 17.0 Å². The molecule has 3 heterocycles. The molecule has 0 atom stereocenters. The summed E-state index contributed by atoms with van der Waals surface area (Å²) in [5.74, 6) is 1.51. The largest absolute Gasteiger partial charge is 0.354 e. The maximum atomic E-state index is 13.3. The summed E-state index contributed by atoms with van der Waals surface area (Å²) in [4.78, 5) is 16.8. The Morgan fingerprint density at radius 1 is 1.00 bits per heavy atom. The van der Waals surface area contributed by atoms with Crippen molar-refractivity contribution in [3.8, 4) is 11.3 Å². The second kappa shape index (κ2) is 7.87. The van der Waals surface area contributed by atoms with E-state index in [1.54, 1.807) is 0 Å². The Morgan fingerprint density at radius 2 is 1.83 bits per heavy atom. The fourth-order valence-electron chi connectivity index (χ4n) is 4.02. The number of H-pyrrole nitrogens is 1. The van der Waals surface area contributed by atoms with E-state index in [4.69, 9.17) is 0 Å². The lowest BCUT2D eigenvalue weighted by atomic mass is 10.0. The molecule has 5 nitrogen and oxygen atoms in total. The Kier molecular flexibility index (Phi) is 4.94. The molecule has 0 saturated carbocycles. The van der Waals surface area contributed by atoms with E-state index in [-0.39, 0.29) is 5.78 Å². The van der Waals surface area contributed by atoms with Crippen molar-refractivity contribution in [2.75, 3.05) is 5.75 Å². The highest BCUT2D eigenvalue weighted by molar-refractivity contribution is 7.99. The van der Waals surface area contributed by atoms with Crippen LogP contribution in [0.4, 0.5) is 0 Å². The number of aromatic nitrogens is 4. The molecular weight excluding hydrogens is 380 g/mol. The van der Waals surface area contributed by atoms with Crippen LogP contribution in [-0.2, 0) is 13.0 Å². The fraction of sp³-hybridized carbons (Fsp3) is 0.261. The van der Waals surface area contributed by atoms with Gasteiger partial charge in [-0.1, -0.05) is 66.7 Å². The number of carbonyl (C=O) groups excluding carboxylic acids is 1. The molecule has 146 valence electrons. The second-order valence-electron chi connectivity index (χ2n) is 7.36. The normalized spacial score (nSPS) is 13.9. The summed E-state index contributed by atoms with van der Waals surface area (Å²) in [6.07, 6.45) is 4.51. The van der Waals surface area contributed by atoms with Crippen LogP contribution in [0.3, 0.4) is 0 Å². The lowest BCUT2D eigenvalue weighted by Gasteiger charge is -2.07. The van der Waals surface area contributed by atoms with Crippen molar-refractivity contribution in [2.45, 2.75) is 37.4 Å². The number of aromatic amines is 1. The molecule has 0 aliphatic carbocycles. The number of nitrogens with zero attached hydrogens (tertiary/aromatic N) is 3. The van der Waals surface area contributed by atoms with Gasteiger partial charge >= 0.3 is 0 Å². The quantitative estimate of drug-likeness (QED) is 0.371. The maximum Gasteiger partial charge on any atom is 0.191 e. The van der Waals surface area contributed by atoms with Crippen LogP contribution in [0.15, 0.2) is 59.8 Å². The smallest absolute Gasteiger partial charge is 0.191 e. The highest BCUT2D eigenvalue weighted by Gasteiger charge is 2.21. The topological polar surface area (TPSA) is 63.6 Å². The molecule has 2 aromatic heterocycles. The van der Waals surface area contributed by atoms with Crippen LogP contribution in [-0.4, -0.2) is 31.3 Å². The maximum absolute atomic E-state index is 13.3. The molecule has 0 radical (unpaired) electrons. The number of rotatable bonds is 5. The van der Waals surface area contributed by atoms with E-state index in [1.807, 2.05) is 54.6 Å². The number of para-hydroxylation sites is 1. The minimum absolute atomic E-state index is 0.109. The van der Waals surface area contributed by atoms with Crippen molar-refractivity contribution < 1.29 is 4.79 Å². The molecule has 29 heavy (non-hydrogen) atoms. The number of benzene rings is 2. The Hall–Kier alpha value is -2.86. The summed E-state index contributed by atoms with van der Waals surface area (Å²) in [5, 5.41) is 10.5. The van der Waals surface area contributed by atoms with E-state index in [1.165, 1.54) is 18.2 Å². The van der Waals surface area contributed by atoms with Crippen molar-refractivity contribution in [1.29, 1.82) is 0 Å². The highest BCUT2D eigenvalue weighted by Crippen LogP contribution is 2.32. The summed E-state index contributed by atoms with van der Waals surface area (Å²) < 4.78 is 2.19. The molecule has 0 spiro atoms. The standard InChI is InChI=1S/C23H22N4OS/c28-19(15-29-23-26-25-20-13-5-2-8-14-27(20)23)21-17-11-6-7-12-18(17)24-22(21)16-9-3-1-4-10-16/h1,3-4,6-7,9-12,24H,2,5,8,13-15H2. The van der Waals surface area contributed by atoms with Gasteiger partial charge in [-0.05, 0) is 24.5 Å². The van der Waals surface area contributed by atoms with Gasteiger partial charge in [-0.25, -0.2) is 0 Å². The Bertz CT molecular complexity index is 1160. The van der Waals surface area contributed by atoms with Gasteiger partial charge in [0.25, 0.3) is 0 Å². The lowest BCUT2D eigenvalue weighted by Crippen LogP contribution is -2.07. The monoisotopic (exact) mass is 402 g/mol. The van der Waals surface area contributed by atoms with E-state index < -0.39 is 0 Å². The zero-order valence-electron chi connectivity index (χ0n) is 16.1. The lowest BCUT2D eigenvalue weighted by molar-refractivity contribution is 0.102. The third-order valence-corrected chi connectivity index (χ3v) is 6.42. The molecule has 0 unspecified atom stereocenters. The predicted molar refractivity (Wildman–Crippen MR) is 116 cm³/mol. The minimum atomic E-state index is 0.109. The van der Waals surface area contributed by atoms with Crippen LogP contribution in [0.5, 0.6) is 0 Å². The van der Waals surface area contributed by atoms with Crippen molar-refractivity contribution in [1.82, 2.24) is 19.7 Å². The van der Waals surface area contributed by atoms with Gasteiger partial charge in [0.15, 0.2) is 10.9 Å². The Labute approximate surface area is 173 Å². The van der Waals surface area contributed by atoms with Crippen LogP contribution < -0.4 is 0 Å². The van der Waals surface area contributed by atoms with Crippen molar-refractivity contribution >= 4 is 28.4 Å². The molecular formula is C23H22N4OS. The van der Waals surface area contributed by atoms with Crippen LogP contribution in [0.25, 0.3) is 22.2 Å². The summed E-state index contributed by atoms with van der Waals surface area (Å²) >= 11 is 1.50. The highest BCUT2D eigenvalue weighted by atomic mass is 32.2. The zero-order valence-corrected chi connectivity index (χ0v) is 16.9. The van der Waals surface area contributed by atoms with Crippen LogP contribution in [0, 0.1) is 0 Å². The summed E-state index contributed by atoms with van der Waals surface area (Å²) in [5.41, 5.74) is 3.65. The minimum Gasteiger partial charge on any atom is -0.354 e. The number of carbonyl (C=O) groups is 1. The first-order valence-corrected chi connectivity index (χ1v) is 11.0. The molecule has 4 aromatic rings. The first-order valence-electron chi connectivity index (χ1n) is 10.1. The van der Waals surface area contributed by atoms with E-state index >= 15 is 0 Å². The van der Waals surface area contributed by atoms with E-state index in [9.17, 15) is 4.79 Å². The number of aryl methyl sites for hydroxylation is 1. The molecule has 6 heteroatoms. The Balaban J connectivity index is 1.46. The molecule has 1 aliphatic rings. The molecule has 1 N–H and O–H groups in total. The second-order valence-corrected chi connectivity index (χ2v) is 8.30. The third-order valence-electron chi connectivity index (χ3n) is 5.46. The SMILES string of the molecule is O=C(CSc1nnc2n1CCCCC2)c1c(-c2ccccc2)[nH]c2ccccc12. The summed E-state index contributed by atoms with van der Waals surface area (Å²) in [7, 11) is 0. The van der Waals surface area contributed by atoms with Crippen molar-refractivity contribution in [2.24, 2.45) is 0 Å². The van der Waals surface area contributed by atoms with E-state index in [2.05, 4.69) is 19.7 Å². The van der Waals surface area contributed by atoms with Crippen LogP contribution in [0.2, 0.25) is 0 Å². The molecule has 0 saturated heterocycles. The number of Topliss-reactive ketones (excluding diaryl/α,β-unsaturated/α-hetero) is 1. The Morgan fingerprint density at radius 3 is 2.72 bits per heavy atom. The average Bonchev–Trinajstić information content (AvgIpc) is 3.25. The number of ketones is 1. The summed E-state index contributed by atoms with van der Waals surface area (Å²) in [6, 6.07) is 18.0. The average molecular weight is 403 g/mol. The van der Waals surface area contributed by atoms with Gasteiger partial charge < -0.3 is 9.55 Å². The molecule has 1 aliphatic heterocycles. The van der Waals surface area contributed by atoms with Gasteiger partial charge in [-0.15, -0.1) is 10.2 Å². The van der Waals surface area contributed by atoms with Crippen molar-refractivity contribution in [3.05, 3.63) is 66.0 Å². The molecule has 5 rings (SSSR count). The number of fused-ring (bicyclic) bond motifs is 2. The van der Waals surface area contributed by atoms with Gasteiger partial charge in [0.1, 0.15) is 5.82 Å². The molecule has 0 fully saturated rings. The van der Waals surface area contributed by atoms with Crippen LogP contribution in [0.1, 0.15) is 35.4 Å². The predicted octanol–water partition coefficient (Wildman–Crippen LogP) is 5.13. The first-order chi connectivity index (χ1) is 14.3. The number of hydrogen-bond acceptors (Lipinski definition) is 4. The molecule has 2 aromatic carbocycles. The summed E-state index contributed by atoms with van der Waals surface area (Å²) in [6.45, 7) is 0.946. The third kappa shape index (κ3) is 3.49. The van der Waals surface area contributed by atoms with Gasteiger partial charge in [0.2, 0.25) is 0 Å². The molecule has 0 amide bonds. The van der Waals surface area contributed by atoms with E-state index in [0.29, 0.717) is 5.75 Å². The zero-order chi connectivity index (χ0) is 19.6. The van der Waals surface area contributed by atoms with E-state index in [0.717, 1.165) is 64.5 Å². The van der Waals surface area contributed by atoms with Gasteiger partial charge in [0, 0.05) is 23.9 Å². The number of thioether (sulfide) groups is 1. The fourth-order valence-corrected chi connectivity index (χ4v) is 4.88. The van der Waals surface area contributed by atoms with Crippen molar-refractivity contribution in [3.63, 3.8) is 0 Å². The first kappa shape index (κ1) is 18.2. The van der Waals surface area contributed by atoms with Crippen LogP contribution >= 0.6 is 11.8 Å². The van der Waals surface area contributed by atoms with Gasteiger partial charge in [-0.2, -0.15) is 0 Å². The van der Waals surface area contributed by atoms with Gasteiger partial charge in [-0.3, -0.25) is 4.79 Å². The number of nitrogens with one attached hydrogen (secondary N) is 1. The number of hydrogen-bond donors (Lipinski definition) is 1.